The highest BCUT2D eigenvalue weighted by Gasteiger charge is 2.26. The first-order valence-corrected chi connectivity index (χ1v) is 8.96. The monoisotopic (exact) mass is 359 g/mol. The van der Waals surface area contributed by atoms with Crippen LogP contribution in [-0.2, 0) is 6.54 Å². The third-order valence-electron chi connectivity index (χ3n) is 4.69. The second kappa shape index (κ2) is 7.89. The number of ether oxygens (including phenoxy) is 1. The van der Waals surface area contributed by atoms with E-state index in [0.717, 1.165) is 32.7 Å². The molecule has 2 aromatic rings. The Kier molecular flexibility index (Phi) is 5.61. The van der Waals surface area contributed by atoms with Gasteiger partial charge in [-0.2, -0.15) is 0 Å². The van der Waals surface area contributed by atoms with Crippen LogP contribution in [0.5, 0.6) is 5.75 Å². The van der Waals surface area contributed by atoms with E-state index in [2.05, 4.69) is 31.2 Å². The number of benzene rings is 2. The summed E-state index contributed by atoms with van der Waals surface area (Å²) in [5.41, 5.74) is 3.18. The van der Waals surface area contributed by atoms with Gasteiger partial charge in [-0.05, 0) is 25.1 Å². The molecule has 25 heavy (non-hydrogen) atoms. The lowest BCUT2D eigenvalue weighted by atomic mass is 10.1. The fourth-order valence-corrected chi connectivity index (χ4v) is 3.50. The number of hydrogen-bond donors (Lipinski definition) is 1. The van der Waals surface area contributed by atoms with E-state index in [-0.39, 0.29) is 5.91 Å². The molecule has 0 bridgehead atoms. The van der Waals surface area contributed by atoms with Gasteiger partial charge in [0.25, 0.3) is 5.91 Å². The fraction of sp³-hybridized carbons (Fsp3) is 0.350. The summed E-state index contributed by atoms with van der Waals surface area (Å²) in [6, 6.07) is 13.8. The molecule has 1 aliphatic rings. The molecule has 1 fully saturated rings. The predicted molar refractivity (Wildman–Crippen MR) is 99.5 cm³/mol. The zero-order valence-electron chi connectivity index (χ0n) is 14.7. The Morgan fingerprint density at radius 2 is 1.96 bits per heavy atom. The van der Waals surface area contributed by atoms with Crippen molar-refractivity contribution in [3.8, 4) is 5.75 Å². The van der Waals surface area contributed by atoms with Crippen LogP contribution in [0.2, 0.25) is 5.02 Å². The SMILES string of the molecule is COc1ccc(Cl)cc1C(=O)N1CC[NH+](Cc2cccc(C)c2)CC1. The number of hydrogen-bond acceptors (Lipinski definition) is 2. The molecule has 0 unspecified atom stereocenters. The average molecular weight is 360 g/mol. The van der Waals surface area contributed by atoms with Crippen LogP contribution in [0, 0.1) is 6.92 Å². The molecule has 0 atom stereocenters. The van der Waals surface area contributed by atoms with Crippen LogP contribution in [0.15, 0.2) is 42.5 Å². The number of piperazine rings is 1. The van der Waals surface area contributed by atoms with Gasteiger partial charge in [0, 0.05) is 10.6 Å². The van der Waals surface area contributed by atoms with Crippen LogP contribution in [0.25, 0.3) is 0 Å². The van der Waals surface area contributed by atoms with Crippen LogP contribution in [-0.4, -0.2) is 44.1 Å². The van der Waals surface area contributed by atoms with Gasteiger partial charge in [-0.25, -0.2) is 0 Å². The minimum Gasteiger partial charge on any atom is -0.496 e. The molecular weight excluding hydrogens is 336 g/mol. The van der Waals surface area contributed by atoms with Crippen molar-refractivity contribution in [2.75, 3.05) is 33.3 Å². The minimum absolute atomic E-state index is 0.00560. The first-order valence-electron chi connectivity index (χ1n) is 8.59. The van der Waals surface area contributed by atoms with Crippen molar-refractivity contribution in [3.05, 3.63) is 64.2 Å². The standard InChI is InChI=1S/C20H23ClN2O2/c1-15-4-3-5-16(12-15)14-22-8-10-23(11-9-22)20(24)18-13-17(21)6-7-19(18)25-2/h3-7,12-13H,8-11,14H2,1-2H3/p+1. The van der Waals surface area contributed by atoms with Crippen molar-refractivity contribution in [1.82, 2.24) is 4.90 Å². The van der Waals surface area contributed by atoms with E-state index in [4.69, 9.17) is 16.3 Å². The predicted octanol–water partition coefficient (Wildman–Crippen LogP) is 2.20. The topological polar surface area (TPSA) is 34.0 Å². The van der Waals surface area contributed by atoms with Crippen molar-refractivity contribution in [2.45, 2.75) is 13.5 Å². The number of nitrogens with zero attached hydrogens (tertiary/aromatic N) is 1. The normalized spacial score (nSPS) is 15.2. The number of carbonyl (C=O) groups excluding carboxylic acids is 1. The number of quaternary nitrogens is 1. The molecule has 0 spiro atoms. The van der Waals surface area contributed by atoms with Gasteiger partial charge in [-0.3, -0.25) is 4.79 Å². The Hall–Kier alpha value is -2.04. The molecule has 1 aliphatic heterocycles. The van der Waals surface area contributed by atoms with E-state index in [1.807, 2.05) is 4.90 Å². The van der Waals surface area contributed by atoms with Crippen LogP contribution >= 0.6 is 11.6 Å². The summed E-state index contributed by atoms with van der Waals surface area (Å²) in [6.07, 6.45) is 0. The van der Waals surface area contributed by atoms with Gasteiger partial charge >= 0.3 is 0 Å². The number of rotatable bonds is 4. The molecule has 1 amide bonds. The smallest absolute Gasteiger partial charge is 0.258 e. The second-order valence-electron chi connectivity index (χ2n) is 6.55. The van der Waals surface area contributed by atoms with Gasteiger partial charge in [0.15, 0.2) is 0 Å². The van der Waals surface area contributed by atoms with Gasteiger partial charge in [-0.15, -0.1) is 0 Å². The summed E-state index contributed by atoms with van der Waals surface area (Å²) >= 11 is 6.05. The average Bonchev–Trinajstić information content (AvgIpc) is 2.62. The Morgan fingerprint density at radius 3 is 2.64 bits per heavy atom. The second-order valence-corrected chi connectivity index (χ2v) is 6.99. The van der Waals surface area contributed by atoms with Crippen molar-refractivity contribution in [3.63, 3.8) is 0 Å². The third kappa shape index (κ3) is 4.33. The summed E-state index contributed by atoms with van der Waals surface area (Å²) in [6.45, 7) is 6.51. The molecule has 4 nitrogen and oxygen atoms in total. The lowest BCUT2D eigenvalue weighted by Gasteiger charge is -2.32. The van der Waals surface area contributed by atoms with Crippen molar-refractivity contribution in [2.24, 2.45) is 0 Å². The number of carbonyl (C=O) groups is 1. The van der Waals surface area contributed by atoms with Crippen LogP contribution < -0.4 is 9.64 Å². The Morgan fingerprint density at radius 1 is 1.20 bits per heavy atom. The maximum absolute atomic E-state index is 12.8. The fourth-order valence-electron chi connectivity index (χ4n) is 3.33. The summed E-state index contributed by atoms with van der Waals surface area (Å²) in [5.74, 6) is 0.567. The third-order valence-corrected chi connectivity index (χ3v) is 4.92. The van der Waals surface area contributed by atoms with E-state index in [1.165, 1.54) is 16.0 Å². The molecular formula is C20H24ClN2O2+. The molecule has 5 heteroatoms. The highest BCUT2D eigenvalue weighted by molar-refractivity contribution is 6.31. The number of aryl methyl sites for hydroxylation is 1. The highest BCUT2D eigenvalue weighted by atomic mass is 35.5. The van der Waals surface area contributed by atoms with Crippen LogP contribution in [0.1, 0.15) is 21.5 Å². The molecule has 3 rings (SSSR count). The quantitative estimate of drug-likeness (QED) is 0.908. The van der Waals surface area contributed by atoms with Crippen LogP contribution in [0.4, 0.5) is 0 Å². The first kappa shape index (κ1) is 17.8. The van der Waals surface area contributed by atoms with Gasteiger partial charge < -0.3 is 14.5 Å². The number of amides is 1. The maximum Gasteiger partial charge on any atom is 0.258 e. The molecule has 0 aromatic heterocycles. The van der Waals surface area contributed by atoms with E-state index < -0.39 is 0 Å². The lowest BCUT2D eigenvalue weighted by molar-refractivity contribution is -0.917. The summed E-state index contributed by atoms with van der Waals surface area (Å²) in [4.78, 5) is 16.2. The summed E-state index contributed by atoms with van der Waals surface area (Å²) in [5, 5.41) is 0.549. The van der Waals surface area contributed by atoms with E-state index >= 15 is 0 Å². The van der Waals surface area contributed by atoms with Gasteiger partial charge in [0.2, 0.25) is 0 Å². The molecule has 1 N–H and O–H groups in total. The zero-order chi connectivity index (χ0) is 17.8. The maximum atomic E-state index is 12.8. The van der Waals surface area contributed by atoms with Gasteiger partial charge in [0.1, 0.15) is 12.3 Å². The minimum atomic E-state index is -0.00560. The first-order chi connectivity index (χ1) is 12.1. The summed E-state index contributed by atoms with van der Waals surface area (Å²) < 4.78 is 5.31. The van der Waals surface area contributed by atoms with E-state index in [9.17, 15) is 4.79 Å². The van der Waals surface area contributed by atoms with Crippen molar-refractivity contribution in [1.29, 1.82) is 0 Å². The Labute approximate surface area is 154 Å². The van der Waals surface area contributed by atoms with Crippen molar-refractivity contribution < 1.29 is 14.4 Å². The molecule has 0 radical (unpaired) electrons. The number of nitrogens with one attached hydrogen (secondary N) is 1. The molecule has 132 valence electrons. The number of halogens is 1. The summed E-state index contributed by atoms with van der Waals surface area (Å²) in [7, 11) is 1.57. The van der Waals surface area contributed by atoms with Crippen molar-refractivity contribution >= 4 is 17.5 Å². The van der Waals surface area contributed by atoms with Crippen LogP contribution in [0.3, 0.4) is 0 Å². The Bertz CT molecular complexity index is 755. The van der Waals surface area contributed by atoms with E-state index in [0.29, 0.717) is 16.3 Å². The molecule has 0 aliphatic carbocycles. The number of methoxy groups -OCH3 is 1. The molecule has 2 aromatic carbocycles. The molecule has 1 heterocycles. The molecule has 1 saturated heterocycles. The largest absolute Gasteiger partial charge is 0.496 e. The van der Waals surface area contributed by atoms with Gasteiger partial charge in [0.05, 0.1) is 38.9 Å². The van der Waals surface area contributed by atoms with E-state index in [1.54, 1.807) is 25.3 Å². The zero-order valence-corrected chi connectivity index (χ0v) is 15.5. The van der Waals surface area contributed by atoms with Gasteiger partial charge in [-0.1, -0.05) is 41.4 Å². The lowest BCUT2D eigenvalue weighted by Crippen LogP contribution is -3.13. The Balaban J connectivity index is 1.62. The molecule has 0 saturated carbocycles. The highest BCUT2D eigenvalue weighted by Crippen LogP contribution is 2.24.